The maximum absolute atomic E-state index is 11.8. The molecule has 0 fully saturated rings. The fraction of sp³-hybridized carbons (Fsp3) is 0.300. The molecule has 0 heterocycles. The molecule has 1 atom stereocenters. The van der Waals surface area contributed by atoms with E-state index < -0.39 is 0 Å². The van der Waals surface area contributed by atoms with E-state index in [4.69, 9.17) is 4.74 Å². The lowest BCUT2D eigenvalue weighted by molar-refractivity contribution is -0.123. The molecule has 0 saturated carbocycles. The number of benzene rings is 2. The Balaban J connectivity index is 1.80. The minimum absolute atomic E-state index is 0.0617. The van der Waals surface area contributed by atoms with Crippen LogP contribution in [0.2, 0.25) is 0 Å². The molecule has 0 aliphatic carbocycles. The summed E-state index contributed by atoms with van der Waals surface area (Å²) in [6, 6.07) is 15.7. The Labute approximate surface area is 143 Å². The SMILES string of the molecule is CCC(C)c1ccc(OCC(=O)NN=Cc2ccccc2C)cc1. The van der Waals surface area contributed by atoms with Gasteiger partial charge < -0.3 is 4.74 Å². The van der Waals surface area contributed by atoms with Crippen LogP contribution in [0.1, 0.15) is 42.9 Å². The van der Waals surface area contributed by atoms with E-state index in [1.807, 2.05) is 55.5 Å². The third kappa shape index (κ3) is 5.23. The molecule has 4 heteroatoms. The number of hydrazone groups is 1. The molecule has 1 amide bonds. The highest BCUT2D eigenvalue weighted by atomic mass is 16.5. The van der Waals surface area contributed by atoms with E-state index in [9.17, 15) is 4.79 Å². The number of amides is 1. The van der Waals surface area contributed by atoms with E-state index in [1.54, 1.807) is 6.21 Å². The van der Waals surface area contributed by atoms with Crippen molar-refractivity contribution in [2.75, 3.05) is 6.61 Å². The zero-order chi connectivity index (χ0) is 17.4. The second-order valence-corrected chi connectivity index (χ2v) is 5.82. The van der Waals surface area contributed by atoms with Gasteiger partial charge in [-0.2, -0.15) is 5.10 Å². The maximum atomic E-state index is 11.8. The van der Waals surface area contributed by atoms with Gasteiger partial charge in [0.25, 0.3) is 5.91 Å². The molecule has 2 aromatic rings. The maximum Gasteiger partial charge on any atom is 0.277 e. The monoisotopic (exact) mass is 324 g/mol. The number of carbonyl (C=O) groups is 1. The molecule has 0 saturated heterocycles. The highest BCUT2D eigenvalue weighted by Crippen LogP contribution is 2.21. The van der Waals surface area contributed by atoms with Crippen molar-refractivity contribution in [2.24, 2.45) is 5.10 Å². The molecule has 0 spiro atoms. The van der Waals surface area contributed by atoms with Gasteiger partial charge in [0.15, 0.2) is 6.61 Å². The summed E-state index contributed by atoms with van der Waals surface area (Å²) in [7, 11) is 0. The van der Waals surface area contributed by atoms with Crippen molar-refractivity contribution < 1.29 is 9.53 Å². The Kier molecular flexibility index (Phi) is 6.55. The van der Waals surface area contributed by atoms with E-state index in [2.05, 4.69) is 24.4 Å². The second kappa shape index (κ2) is 8.87. The molecular weight excluding hydrogens is 300 g/mol. The Bertz CT molecular complexity index is 693. The first-order valence-electron chi connectivity index (χ1n) is 8.20. The van der Waals surface area contributed by atoms with E-state index in [0.29, 0.717) is 11.7 Å². The molecule has 0 aliphatic rings. The quantitative estimate of drug-likeness (QED) is 0.617. The molecular formula is C20H24N2O2. The van der Waals surface area contributed by atoms with E-state index >= 15 is 0 Å². The summed E-state index contributed by atoms with van der Waals surface area (Å²) in [5, 5.41) is 3.96. The smallest absolute Gasteiger partial charge is 0.277 e. The zero-order valence-electron chi connectivity index (χ0n) is 14.5. The summed E-state index contributed by atoms with van der Waals surface area (Å²) < 4.78 is 5.48. The van der Waals surface area contributed by atoms with E-state index in [-0.39, 0.29) is 12.5 Å². The van der Waals surface area contributed by atoms with Crippen LogP contribution in [0.25, 0.3) is 0 Å². The van der Waals surface area contributed by atoms with Crippen LogP contribution in [0, 0.1) is 6.92 Å². The summed E-state index contributed by atoms with van der Waals surface area (Å²) in [6.07, 6.45) is 2.73. The summed E-state index contributed by atoms with van der Waals surface area (Å²) in [6.45, 7) is 6.29. The molecule has 4 nitrogen and oxygen atoms in total. The normalized spacial score (nSPS) is 12.1. The lowest BCUT2D eigenvalue weighted by atomic mass is 9.99. The molecule has 0 aliphatic heterocycles. The predicted molar refractivity (Wildman–Crippen MR) is 97.6 cm³/mol. The van der Waals surface area contributed by atoms with Crippen molar-refractivity contribution in [2.45, 2.75) is 33.1 Å². The molecule has 0 bridgehead atoms. The average molecular weight is 324 g/mol. The van der Waals surface area contributed by atoms with Crippen molar-refractivity contribution in [3.8, 4) is 5.75 Å². The molecule has 24 heavy (non-hydrogen) atoms. The third-order valence-electron chi connectivity index (χ3n) is 4.01. The van der Waals surface area contributed by atoms with Crippen molar-refractivity contribution in [1.82, 2.24) is 5.43 Å². The lowest BCUT2D eigenvalue weighted by Gasteiger charge is -2.10. The first-order chi connectivity index (χ1) is 11.6. The molecule has 2 aromatic carbocycles. The summed E-state index contributed by atoms with van der Waals surface area (Å²) in [5.74, 6) is 0.920. The number of carbonyl (C=O) groups excluding carboxylic acids is 1. The highest BCUT2D eigenvalue weighted by Gasteiger charge is 2.04. The number of ether oxygens (including phenoxy) is 1. The Morgan fingerprint density at radius 1 is 1.21 bits per heavy atom. The molecule has 0 aromatic heterocycles. The van der Waals surface area contributed by atoms with Gasteiger partial charge in [0, 0.05) is 0 Å². The minimum atomic E-state index is -0.286. The van der Waals surface area contributed by atoms with Gasteiger partial charge in [0.05, 0.1) is 6.21 Å². The molecule has 2 rings (SSSR count). The molecule has 126 valence electrons. The van der Waals surface area contributed by atoms with Gasteiger partial charge >= 0.3 is 0 Å². The summed E-state index contributed by atoms with van der Waals surface area (Å²) in [5.41, 5.74) is 5.82. The Morgan fingerprint density at radius 2 is 1.92 bits per heavy atom. The fourth-order valence-electron chi connectivity index (χ4n) is 2.21. The van der Waals surface area contributed by atoms with Crippen LogP contribution in [0.3, 0.4) is 0 Å². The van der Waals surface area contributed by atoms with Gasteiger partial charge in [-0.25, -0.2) is 5.43 Å². The first kappa shape index (κ1) is 17.7. The third-order valence-corrected chi connectivity index (χ3v) is 4.01. The van der Waals surface area contributed by atoms with Crippen LogP contribution >= 0.6 is 0 Å². The molecule has 1 unspecified atom stereocenters. The van der Waals surface area contributed by atoms with Gasteiger partial charge in [-0.3, -0.25) is 4.79 Å². The van der Waals surface area contributed by atoms with Crippen molar-refractivity contribution in [1.29, 1.82) is 0 Å². The minimum Gasteiger partial charge on any atom is -0.484 e. The zero-order valence-corrected chi connectivity index (χ0v) is 14.5. The van der Waals surface area contributed by atoms with E-state index in [1.165, 1.54) is 5.56 Å². The van der Waals surface area contributed by atoms with Crippen LogP contribution in [0.4, 0.5) is 0 Å². The van der Waals surface area contributed by atoms with Gasteiger partial charge in [-0.05, 0) is 48.1 Å². The average Bonchev–Trinajstić information content (AvgIpc) is 2.61. The number of nitrogens with zero attached hydrogens (tertiary/aromatic N) is 1. The number of hydrogen-bond acceptors (Lipinski definition) is 3. The van der Waals surface area contributed by atoms with E-state index in [0.717, 1.165) is 17.5 Å². The number of rotatable bonds is 7. The van der Waals surface area contributed by atoms with Gasteiger partial charge in [-0.15, -0.1) is 0 Å². The Hall–Kier alpha value is -2.62. The fourth-order valence-corrected chi connectivity index (χ4v) is 2.21. The largest absolute Gasteiger partial charge is 0.484 e. The topological polar surface area (TPSA) is 50.7 Å². The highest BCUT2D eigenvalue weighted by molar-refractivity contribution is 5.84. The molecule has 1 N–H and O–H groups in total. The van der Waals surface area contributed by atoms with Crippen molar-refractivity contribution >= 4 is 12.1 Å². The van der Waals surface area contributed by atoms with Crippen LogP contribution in [-0.4, -0.2) is 18.7 Å². The van der Waals surface area contributed by atoms with Gasteiger partial charge in [0.1, 0.15) is 5.75 Å². The standard InChI is InChI=1S/C20H24N2O2/c1-4-15(2)17-9-11-19(12-10-17)24-14-20(23)22-21-13-18-8-6-5-7-16(18)3/h5-13,15H,4,14H2,1-3H3,(H,22,23). The summed E-state index contributed by atoms with van der Waals surface area (Å²) >= 11 is 0. The Morgan fingerprint density at radius 3 is 2.58 bits per heavy atom. The molecule has 0 radical (unpaired) electrons. The predicted octanol–water partition coefficient (Wildman–Crippen LogP) is 4.04. The second-order valence-electron chi connectivity index (χ2n) is 5.82. The van der Waals surface area contributed by atoms with Crippen LogP contribution in [0.5, 0.6) is 5.75 Å². The van der Waals surface area contributed by atoms with Gasteiger partial charge in [0.2, 0.25) is 0 Å². The van der Waals surface area contributed by atoms with Crippen LogP contribution in [-0.2, 0) is 4.79 Å². The number of nitrogens with one attached hydrogen (secondary N) is 1. The number of hydrogen-bond donors (Lipinski definition) is 1. The van der Waals surface area contributed by atoms with Crippen LogP contribution in [0.15, 0.2) is 53.6 Å². The summed E-state index contributed by atoms with van der Waals surface area (Å²) in [4.78, 5) is 11.8. The lowest BCUT2D eigenvalue weighted by Crippen LogP contribution is -2.24. The van der Waals surface area contributed by atoms with Crippen LogP contribution < -0.4 is 10.2 Å². The first-order valence-corrected chi connectivity index (χ1v) is 8.20. The number of aryl methyl sites for hydroxylation is 1. The van der Waals surface area contributed by atoms with Crippen molar-refractivity contribution in [3.63, 3.8) is 0 Å². The van der Waals surface area contributed by atoms with Crippen molar-refractivity contribution in [3.05, 3.63) is 65.2 Å². The van der Waals surface area contributed by atoms with Gasteiger partial charge in [-0.1, -0.05) is 50.2 Å².